The van der Waals surface area contributed by atoms with Crippen molar-refractivity contribution >= 4 is 23.3 Å². The molecule has 0 saturated heterocycles. The van der Waals surface area contributed by atoms with Gasteiger partial charge in [-0.2, -0.15) is 0 Å². The topological polar surface area (TPSA) is 87.5 Å². The molecule has 2 N–H and O–H groups in total. The molecular weight excluding hydrogens is 338 g/mol. The normalized spacial score (nSPS) is 10.6. The van der Waals surface area contributed by atoms with Crippen molar-refractivity contribution in [3.05, 3.63) is 75.2 Å². The van der Waals surface area contributed by atoms with E-state index in [1.165, 1.54) is 11.3 Å². The first-order chi connectivity index (χ1) is 11.9. The smallest absolute Gasteiger partial charge is 0.347 e. The minimum atomic E-state index is -0.970. The maximum absolute atomic E-state index is 11.3. The Hall–Kier alpha value is -2.99. The van der Waals surface area contributed by atoms with Gasteiger partial charge >= 0.3 is 11.9 Å². The number of hydrogen-bond donors (Lipinski definition) is 2. The van der Waals surface area contributed by atoms with E-state index in [-0.39, 0.29) is 10.4 Å². The summed E-state index contributed by atoms with van der Waals surface area (Å²) in [5, 5.41) is 19.1. The van der Waals surface area contributed by atoms with Gasteiger partial charge in [-0.1, -0.05) is 36.4 Å². The summed E-state index contributed by atoms with van der Waals surface area (Å²) < 4.78 is 0. The van der Waals surface area contributed by atoms with Gasteiger partial charge in [0.25, 0.3) is 0 Å². The minimum Gasteiger partial charge on any atom is -0.478 e. The molecule has 0 aliphatic heterocycles. The Balaban J connectivity index is 1.94. The number of aryl methyl sites for hydroxylation is 1. The van der Waals surface area contributed by atoms with Crippen molar-refractivity contribution in [1.29, 1.82) is 0 Å². The van der Waals surface area contributed by atoms with E-state index >= 15 is 0 Å². The van der Waals surface area contributed by atoms with Crippen LogP contribution >= 0.6 is 11.3 Å². The van der Waals surface area contributed by atoms with Crippen LogP contribution in [0.15, 0.2) is 48.5 Å². The molecule has 1 aromatic heterocycles. The fourth-order valence-corrected chi connectivity index (χ4v) is 3.42. The highest BCUT2D eigenvalue weighted by molar-refractivity contribution is 7.13. The number of aromatic nitrogens is 1. The molecule has 3 aromatic rings. The number of rotatable bonds is 5. The molecule has 3 rings (SSSR count). The Morgan fingerprint density at radius 2 is 1.68 bits per heavy atom. The van der Waals surface area contributed by atoms with E-state index < -0.39 is 11.9 Å². The quantitative estimate of drug-likeness (QED) is 0.721. The molecule has 0 atom stereocenters. The lowest BCUT2D eigenvalue weighted by Crippen LogP contribution is -2.00. The van der Waals surface area contributed by atoms with Gasteiger partial charge in [-0.3, -0.25) is 0 Å². The number of benzene rings is 2. The van der Waals surface area contributed by atoms with Crippen LogP contribution in [0.4, 0.5) is 0 Å². The Labute approximate surface area is 148 Å². The Morgan fingerprint density at radius 3 is 2.36 bits per heavy atom. The zero-order valence-electron chi connectivity index (χ0n) is 13.4. The van der Waals surface area contributed by atoms with Crippen LogP contribution in [0.3, 0.4) is 0 Å². The van der Waals surface area contributed by atoms with E-state index in [2.05, 4.69) is 4.98 Å². The summed E-state index contributed by atoms with van der Waals surface area (Å²) in [4.78, 5) is 27.1. The first kappa shape index (κ1) is 16.9. The van der Waals surface area contributed by atoms with E-state index in [0.29, 0.717) is 12.1 Å². The number of aromatic carboxylic acids is 2. The molecule has 5 nitrogen and oxygen atoms in total. The molecule has 0 saturated carbocycles. The van der Waals surface area contributed by atoms with Gasteiger partial charge in [0.1, 0.15) is 4.88 Å². The molecule has 0 unspecified atom stereocenters. The Kier molecular flexibility index (Phi) is 4.63. The Bertz CT molecular complexity index is 962. The summed E-state index contributed by atoms with van der Waals surface area (Å²) in [5.41, 5.74) is 3.38. The fraction of sp³-hybridized carbons (Fsp3) is 0.105. The zero-order valence-corrected chi connectivity index (χ0v) is 14.2. The van der Waals surface area contributed by atoms with Gasteiger partial charge in [0.15, 0.2) is 0 Å². The van der Waals surface area contributed by atoms with Crippen LogP contribution in [0.1, 0.15) is 36.3 Å². The fourth-order valence-electron chi connectivity index (χ4n) is 2.64. The SMILES string of the molecule is Cc1nc(Cc2cccc(-c3cccc(C(=O)O)c3)c2)c(C(=O)O)s1. The van der Waals surface area contributed by atoms with E-state index in [1.807, 2.05) is 30.3 Å². The molecule has 6 heteroatoms. The summed E-state index contributed by atoms with van der Waals surface area (Å²) in [6.07, 6.45) is 0.415. The average molecular weight is 353 g/mol. The van der Waals surface area contributed by atoms with Gasteiger partial charge in [-0.25, -0.2) is 14.6 Å². The third-order valence-corrected chi connectivity index (χ3v) is 4.74. The second kappa shape index (κ2) is 6.86. The van der Waals surface area contributed by atoms with Crippen LogP contribution in [0.25, 0.3) is 11.1 Å². The number of nitrogens with zero attached hydrogens (tertiary/aromatic N) is 1. The van der Waals surface area contributed by atoms with Gasteiger partial charge in [0, 0.05) is 6.42 Å². The first-order valence-corrected chi connectivity index (χ1v) is 8.38. The van der Waals surface area contributed by atoms with Crippen molar-refractivity contribution in [1.82, 2.24) is 4.98 Å². The summed E-state index contributed by atoms with van der Waals surface area (Å²) in [6.45, 7) is 1.79. The molecule has 0 aliphatic rings. The van der Waals surface area contributed by atoms with E-state index in [9.17, 15) is 14.7 Å². The molecule has 0 bridgehead atoms. The van der Waals surface area contributed by atoms with Crippen LogP contribution in [-0.4, -0.2) is 27.1 Å². The van der Waals surface area contributed by atoms with E-state index in [4.69, 9.17) is 5.11 Å². The average Bonchev–Trinajstić information content (AvgIpc) is 2.96. The highest BCUT2D eigenvalue weighted by Gasteiger charge is 2.16. The van der Waals surface area contributed by atoms with Crippen molar-refractivity contribution in [3.63, 3.8) is 0 Å². The molecule has 2 aromatic carbocycles. The van der Waals surface area contributed by atoms with Crippen LogP contribution < -0.4 is 0 Å². The van der Waals surface area contributed by atoms with Crippen LogP contribution in [0, 0.1) is 6.92 Å². The van der Waals surface area contributed by atoms with Crippen molar-refractivity contribution in [2.75, 3.05) is 0 Å². The standard InChI is InChI=1S/C19H15NO4S/c1-11-20-16(17(25-11)19(23)24)9-12-4-2-5-13(8-12)14-6-3-7-15(10-14)18(21)22/h2-8,10H,9H2,1H3,(H,21,22)(H,23,24). The number of carboxylic acid groups (broad SMARTS) is 2. The van der Waals surface area contributed by atoms with Crippen molar-refractivity contribution in [2.45, 2.75) is 13.3 Å². The van der Waals surface area contributed by atoms with Gasteiger partial charge in [-0.05, 0) is 35.7 Å². The van der Waals surface area contributed by atoms with Crippen molar-refractivity contribution in [2.24, 2.45) is 0 Å². The molecule has 1 heterocycles. The molecule has 126 valence electrons. The molecule has 25 heavy (non-hydrogen) atoms. The largest absolute Gasteiger partial charge is 0.478 e. The predicted molar refractivity (Wildman–Crippen MR) is 95.5 cm³/mol. The monoisotopic (exact) mass is 353 g/mol. The van der Waals surface area contributed by atoms with Crippen molar-refractivity contribution < 1.29 is 19.8 Å². The highest BCUT2D eigenvalue weighted by atomic mass is 32.1. The molecule has 0 aliphatic carbocycles. The van der Waals surface area contributed by atoms with E-state index in [0.717, 1.165) is 21.7 Å². The third kappa shape index (κ3) is 3.75. The van der Waals surface area contributed by atoms with Crippen LogP contribution in [0.2, 0.25) is 0 Å². The predicted octanol–water partition coefficient (Wildman–Crippen LogP) is 4.11. The summed E-state index contributed by atoms with van der Waals surface area (Å²) in [6, 6.07) is 14.3. The van der Waals surface area contributed by atoms with Gasteiger partial charge < -0.3 is 10.2 Å². The molecule has 0 amide bonds. The highest BCUT2D eigenvalue weighted by Crippen LogP contribution is 2.25. The first-order valence-electron chi connectivity index (χ1n) is 7.56. The second-order valence-electron chi connectivity index (χ2n) is 5.58. The van der Waals surface area contributed by atoms with E-state index in [1.54, 1.807) is 25.1 Å². The summed E-state index contributed by atoms with van der Waals surface area (Å²) >= 11 is 1.17. The lowest BCUT2D eigenvalue weighted by molar-refractivity contribution is 0.0688. The zero-order chi connectivity index (χ0) is 18.0. The summed E-state index contributed by atoms with van der Waals surface area (Å²) in [5.74, 6) is -1.94. The maximum atomic E-state index is 11.3. The number of carbonyl (C=O) groups is 2. The Morgan fingerprint density at radius 1 is 1.00 bits per heavy atom. The number of carboxylic acids is 2. The molecular formula is C19H15NO4S. The molecule has 0 radical (unpaired) electrons. The lowest BCUT2D eigenvalue weighted by atomic mass is 9.99. The lowest BCUT2D eigenvalue weighted by Gasteiger charge is -2.06. The molecule has 0 fully saturated rings. The van der Waals surface area contributed by atoms with Gasteiger partial charge in [-0.15, -0.1) is 11.3 Å². The minimum absolute atomic E-state index is 0.228. The maximum Gasteiger partial charge on any atom is 0.347 e. The van der Waals surface area contributed by atoms with Crippen molar-refractivity contribution in [3.8, 4) is 11.1 Å². The number of thiazole rings is 1. The summed E-state index contributed by atoms with van der Waals surface area (Å²) in [7, 11) is 0. The third-order valence-electron chi connectivity index (χ3n) is 3.74. The van der Waals surface area contributed by atoms with Crippen LogP contribution in [-0.2, 0) is 6.42 Å². The molecule has 0 spiro atoms. The van der Waals surface area contributed by atoms with Crippen LogP contribution in [0.5, 0.6) is 0 Å². The second-order valence-corrected chi connectivity index (χ2v) is 6.78. The number of hydrogen-bond acceptors (Lipinski definition) is 4. The van der Waals surface area contributed by atoms with Gasteiger partial charge in [0.05, 0.1) is 16.3 Å². The van der Waals surface area contributed by atoms with Gasteiger partial charge in [0.2, 0.25) is 0 Å².